The third kappa shape index (κ3) is 5.45. The number of hydrogen-bond acceptors (Lipinski definition) is 6. The predicted octanol–water partition coefficient (Wildman–Crippen LogP) is 4.11. The van der Waals surface area contributed by atoms with E-state index in [1.54, 1.807) is 36.8 Å². The van der Waals surface area contributed by atoms with Gasteiger partial charge >= 0.3 is 6.09 Å². The van der Waals surface area contributed by atoms with Gasteiger partial charge in [-0.3, -0.25) is 5.32 Å². The van der Waals surface area contributed by atoms with Crippen molar-refractivity contribution in [2.24, 2.45) is 0 Å². The van der Waals surface area contributed by atoms with Gasteiger partial charge in [0.2, 0.25) is 0 Å². The molecule has 1 aromatic heterocycles. The Balaban J connectivity index is 2.07. The smallest absolute Gasteiger partial charge is 0.412 e. The first-order valence-electron chi connectivity index (χ1n) is 7.17. The quantitative estimate of drug-likeness (QED) is 0.860. The van der Waals surface area contributed by atoms with Crippen LogP contribution in [0.25, 0.3) is 0 Å². The SMILES string of the molecule is COc1ccc(NCc2nccs2)cc1NC(=O)OC(C)(C)C. The Morgan fingerprint density at radius 1 is 1.35 bits per heavy atom. The lowest BCUT2D eigenvalue weighted by molar-refractivity contribution is 0.0635. The maximum absolute atomic E-state index is 11.9. The summed E-state index contributed by atoms with van der Waals surface area (Å²) in [5, 5.41) is 8.89. The fourth-order valence-electron chi connectivity index (χ4n) is 1.85. The third-order valence-electron chi connectivity index (χ3n) is 2.76. The average Bonchev–Trinajstić information content (AvgIpc) is 2.96. The van der Waals surface area contributed by atoms with Crippen molar-refractivity contribution in [3.05, 3.63) is 34.8 Å². The number of methoxy groups -OCH3 is 1. The average molecular weight is 335 g/mol. The summed E-state index contributed by atoms with van der Waals surface area (Å²) in [6.07, 6.45) is 1.25. The van der Waals surface area contributed by atoms with E-state index >= 15 is 0 Å². The zero-order valence-electron chi connectivity index (χ0n) is 13.7. The Labute approximate surface area is 139 Å². The van der Waals surface area contributed by atoms with Crippen molar-refractivity contribution in [1.29, 1.82) is 0 Å². The summed E-state index contributed by atoms with van der Waals surface area (Å²) in [7, 11) is 1.55. The molecule has 23 heavy (non-hydrogen) atoms. The van der Waals surface area contributed by atoms with Gasteiger partial charge in [0.1, 0.15) is 16.4 Å². The number of thiazole rings is 1. The van der Waals surface area contributed by atoms with Crippen molar-refractivity contribution in [3.63, 3.8) is 0 Å². The Bertz CT molecular complexity index is 651. The summed E-state index contributed by atoms with van der Waals surface area (Å²) in [5.41, 5.74) is 0.843. The van der Waals surface area contributed by atoms with E-state index in [-0.39, 0.29) is 0 Å². The van der Waals surface area contributed by atoms with E-state index in [2.05, 4.69) is 15.6 Å². The van der Waals surface area contributed by atoms with Crippen LogP contribution in [0.1, 0.15) is 25.8 Å². The highest BCUT2D eigenvalue weighted by atomic mass is 32.1. The fraction of sp³-hybridized carbons (Fsp3) is 0.375. The van der Waals surface area contributed by atoms with E-state index in [0.717, 1.165) is 10.7 Å². The summed E-state index contributed by atoms with van der Waals surface area (Å²) in [4.78, 5) is 16.2. The van der Waals surface area contributed by atoms with Gasteiger partial charge in [0, 0.05) is 17.3 Å². The van der Waals surface area contributed by atoms with E-state index in [9.17, 15) is 4.79 Å². The molecule has 2 N–H and O–H groups in total. The van der Waals surface area contributed by atoms with E-state index in [1.165, 1.54) is 0 Å². The maximum Gasteiger partial charge on any atom is 0.412 e. The van der Waals surface area contributed by atoms with Crippen LogP contribution in [0.15, 0.2) is 29.8 Å². The molecule has 124 valence electrons. The molecule has 0 aliphatic rings. The number of carbonyl (C=O) groups is 1. The molecule has 0 unspecified atom stereocenters. The minimum absolute atomic E-state index is 0.520. The zero-order valence-corrected chi connectivity index (χ0v) is 14.5. The Kier molecular flexibility index (Phi) is 5.44. The van der Waals surface area contributed by atoms with Crippen molar-refractivity contribution < 1.29 is 14.3 Å². The second-order valence-electron chi connectivity index (χ2n) is 5.82. The number of ether oxygens (including phenoxy) is 2. The molecular formula is C16H21N3O3S. The molecule has 6 nitrogen and oxygen atoms in total. The molecule has 1 heterocycles. The third-order valence-corrected chi connectivity index (χ3v) is 3.54. The number of nitrogens with one attached hydrogen (secondary N) is 2. The first-order valence-corrected chi connectivity index (χ1v) is 8.05. The van der Waals surface area contributed by atoms with Gasteiger partial charge in [-0.05, 0) is 39.0 Å². The number of carbonyl (C=O) groups excluding carboxylic acids is 1. The molecule has 0 bridgehead atoms. The normalized spacial score (nSPS) is 11.0. The molecule has 0 saturated carbocycles. The monoisotopic (exact) mass is 335 g/mol. The maximum atomic E-state index is 11.9. The van der Waals surface area contributed by atoms with Gasteiger partial charge in [-0.25, -0.2) is 9.78 Å². The number of nitrogens with zero attached hydrogens (tertiary/aromatic N) is 1. The number of rotatable bonds is 5. The van der Waals surface area contributed by atoms with Gasteiger partial charge in [0.25, 0.3) is 0 Å². The lowest BCUT2D eigenvalue weighted by Crippen LogP contribution is -2.27. The molecule has 0 radical (unpaired) electrons. The molecule has 0 fully saturated rings. The first-order chi connectivity index (χ1) is 10.9. The Morgan fingerprint density at radius 3 is 2.74 bits per heavy atom. The summed E-state index contributed by atoms with van der Waals surface area (Å²) in [5.74, 6) is 0.565. The van der Waals surface area contributed by atoms with Gasteiger partial charge < -0.3 is 14.8 Å². The van der Waals surface area contributed by atoms with E-state index < -0.39 is 11.7 Å². The van der Waals surface area contributed by atoms with E-state index in [4.69, 9.17) is 9.47 Å². The lowest BCUT2D eigenvalue weighted by Gasteiger charge is -2.20. The van der Waals surface area contributed by atoms with Crippen LogP contribution in [0.5, 0.6) is 5.75 Å². The minimum Gasteiger partial charge on any atom is -0.495 e. The number of anilines is 2. The highest BCUT2D eigenvalue weighted by Gasteiger charge is 2.17. The molecular weight excluding hydrogens is 314 g/mol. The highest BCUT2D eigenvalue weighted by Crippen LogP contribution is 2.28. The highest BCUT2D eigenvalue weighted by molar-refractivity contribution is 7.09. The van der Waals surface area contributed by atoms with Crippen molar-refractivity contribution in [2.75, 3.05) is 17.7 Å². The first kappa shape index (κ1) is 17.1. The van der Waals surface area contributed by atoms with Crippen LogP contribution in [0, 0.1) is 0 Å². The zero-order chi connectivity index (χ0) is 16.9. The Hall–Kier alpha value is -2.28. The van der Waals surface area contributed by atoms with Crippen molar-refractivity contribution in [2.45, 2.75) is 32.9 Å². The molecule has 0 aliphatic carbocycles. The van der Waals surface area contributed by atoms with Gasteiger partial charge in [0.05, 0.1) is 19.3 Å². The van der Waals surface area contributed by atoms with Crippen molar-refractivity contribution in [3.8, 4) is 5.75 Å². The minimum atomic E-state index is -0.558. The van der Waals surface area contributed by atoms with Crippen LogP contribution < -0.4 is 15.4 Å². The number of amides is 1. The molecule has 2 rings (SSSR count). The van der Waals surface area contributed by atoms with E-state index in [1.807, 2.05) is 32.2 Å². The van der Waals surface area contributed by atoms with Crippen LogP contribution in [0.3, 0.4) is 0 Å². The van der Waals surface area contributed by atoms with Gasteiger partial charge in [-0.1, -0.05) is 0 Å². The topological polar surface area (TPSA) is 72.5 Å². The molecule has 0 aliphatic heterocycles. The number of aromatic nitrogens is 1. The van der Waals surface area contributed by atoms with Crippen molar-refractivity contribution in [1.82, 2.24) is 4.98 Å². The standard InChI is InChI=1S/C16H21N3O3S/c1-16(2,3)22-15(20)19-12-9-11(5-6-13(12)21-4)18-10-14-17-7-8-23-14/h5-9,18H,10H2,1-4H3,(H,19,20). The Morgan fingerprint density at radius 2 is 2.13 bits per heavy atom. The summed E-state index contributed by atoms with van der Waals surface area (Å²) in [6.45, 7) is 6.07. The van der Waals surface area contributed by atoms with Crippen LogP contribution in [0.2, 0.25) is 0 Å². The molecule has 0 saturated heterocycles. The van der Waals surface area contributed by atoms with Gasteiger partial charge in [0.15, 0.2) is 0 Å². The van der Waals surface area contributed by atoms with Crippen LogP contribution >= 0.6 is 11.3 Å². The van der Waals surface area contributed by atoms with E-state index in [0.29, 0.717) is 18.0 Å². The lowest BCUT2D eigenvalue weighted by atomic mass is 10.2. The predicted molar refractivity (Wildman–Crippen MR) is 92.3 cm³/mol. The molecule has 1 amide bonds. The summed E-state index contributed by atoms with van der Waals surface area (Å²) < 4.78 is 10.5. The molecule has 1 aromatic carbocycles. The summed E-state index contributed by atoms with van der Waals surface area (Å²) in [6, 6.07) is 5.47. The molecule has 2 aromatic rings. The summed E-state index contributed by atoms with van der Waals surface area (Å²) >= 11 is 1.58. The second kappa shape index (κ2) is 7.32. The van der Waals surface area contributed by atoms with Gasteiger partial charge in [-0.15, -0.1) is 11.3 Å². The largest absolute Gasteiger partial charge is 0.495 e. The molecule has 0 spiro atoms. The molecule has 7 heteroatoms. The number of hydrogen-bond donors (Lipinski definition) is 2. The van der Waals surface area contributed by atoms with Crippen LogP contribution in [-0.4, -0.2) is 23.8 Å². The van der Waals surface area contributed by atoms with Gasteiger partial charge in [-0.2, -0.15) is 0 Å². The van der Waals surface area contributed by atoms with Crippen LogP contribution in [-0.2, 0) is 11.3 Å². The molecule has 0 atom stereocenters. The number of benzene rings is 1. The fourth-order valence-corrected chi connectivity index (χ4v) is 2.40. The second-order valence-corrected chi connectivity index (χ2v) is 6.80. The van der Waals surface area contributed by atoms with Crippen LogP contribution in [0.4, 0.5) is 16.2 Å². The van der Waals surface area contributed by atoms with Crippen molar-refractivity contribution >= 4 is 28.8 Å².